The molecule has 1 heterocycles. The number of aliphatic hydroxyl groups is 1. The molecule has 1 aliphatic heterocycles. The van der Waals surface area contributed by atoms with E-state index in [0.29, 0.717) is 11.8 Å². The second-order valence-corrected chi connectivity index (χ2v) is 13.9. The van der Waals surface area contributed by atoms with Crippen molar-refractivity contribution in [1.29, 1.82) is 0 Å². The van der Waals surface area contributed by atoms with E-state index in [-0.39, 0.29) is 33.5 Å². The summed E-state index contributed by atoms with van der Waals surface area (Å²) in [4.78, 5) is 2.83. The quantitative estimate of drug-likeness (QED) is 0.614. The van der Waals surface area contributed by atoms with Gasteiger partial charge in [-0.25, -0.2) is 0 Å². The Bertz CT molecular complexity index is 1030. The second-order valence-electron chi connectivity index (χ2n) is 13.9. The van der Waals surface area contributed by atoms with E-state index < -0.39 is 5.60 Å². The zero-order valence-electron chi connectivity index (χ0n) is 22.6. The maximum absolute atomic E-state index is 12.1. The van der Waals surface area contributed by atoms with Crippen LogP contribution in [0.3, 0.4) is 0 Å². The van der Waals surface area contributed by atoms with Gasteiger partial charge in [-0.15, -0.1) is 0 Å². The van der Waals surface area contributed by atoms with Crippen LogP contribution in [0.4, 0.5) is 0 Å². The fourth-order valence-electron chi connectivity index (χ4n) is 9.30. The Hall–Kier alpha value is -1.30. The fourth-order valence-corrected chi connectivity index (χ4v) is 9.30. The average Bonchev–Trinajstić information content (AvgIpc) is 3.63. The molecule has 1 saturated heterocycles. The molecule has 7 rings (SSSR count). The first-order valence-corrected chi connectivity index (χ1v) is 13.9. The molecule has 2 N–H and O–H groups in total. The molecule has 35 heavy (non-hydrogen) atoms. The van der Waals surface area contributed by atoms with Crippen LogP contribution in [-0.4, -0.2) is 59.7 Å². The smallest absolute Gasteiger partial charge is 0.164 e. The number of methoxy groups -OCH3 is 2. The zero-order valence-corrected chi connectivity index (χ0v) is 22.6. The molecule has 5 heteroatoms. The van der Waals surface area contributed by atoms with Gasteiger partial charge in [0.25, 0.3) is 0 Å². The number of fused-ring (bicyclic) bond motifs is 3. The van der Waals surface area contributed by atoms with Crippen molar-refractivity contribution < 1.29 is 19.7 Å². The molecule has 0 amide bonds. The van der Waals surface area contributed by atoms with E-state index in [4.69, 9.17) is 9.47 Å². The molecule has 5 fully saturated rings. The summed E-state index contributed by atoms with van der Waals surface area (Å²) in [5.74, 6) is 1.85. The number of hydrogen-bond acceptors (Lipinski definition) is 5. The number of aromatic hydroxyl groups is 1. The minimum atomic E-state index is -0.850. The van der Waals surface area contributed by atoms with Gasteiger partial charge in [-0.1, -0.05) is 26.8 Å². The third-order valence-electron chi connectivity index (χ3n) is 11.8. The standard InChI is InChI=1S/C30H45NO4/c1-26(2,3)27(4,33)22-16-28-11-12-30(22,35-6)18-29(28)13-14-31(17-19-7-8-19)23(28)15-20-9-10-21(32)25(34-5)24(20)29/h9-10,19,22-23,32-33H,7-8,11-18H2,1-6H3. The van der Waals surface area contributed by atoms with Gasteiger partial charge >= 0.3 is 0 Å². The van der Waals surface area contributed by atoms with Crippen LogP contribution in [0.15, 0.2) is 12.1 Å². The van der Waals surface area contributed by atoms with Crippen molar-refractivity contribution in [3.05, 3.63) is 23.3 Å². The van der Waals surface area contributed by atoms with E-state index in [1.54, 1.807) is 7.11 Å². The van der Waals surface area contributed by atoms with Crippen LogP contribution in [0.5, 0.6) is 11.5 Å². The van der Waals surface area contributed by atoms with Gasteiger partial charge in [-0.2, -0.15) is 0 Å². The van der Waals surface area contributed by atoms with E-state index in [1.165, 1.54) is 30.5 Å². The molecule has 5 nitrogen and oxygen atoms in total. The molecular formula is C30H45NO4. The lowest BCUT2D eigenvalue weighted by atomic mass is 9.33. The largest absolute Gasteiger partial charge is 0.504 e. The van der Waals surface area contributed by atoms with Crippen LogP contribution in [0.25, 0.3) is 0 Å². The third kappa shape index (κ3) is 2.98. The molecule has 194 valence electrons. The lowest BCUT2D eigenvalue weighted by Gasteiger charge is -2.75. The topological polar surface area (TPSA) is 62.2 Å². The van der Waals surface area contributed by atoms with Gasteiger partial charge in [0.1, 0.15) is 0 Å². The summed E-state index contributed by atoms with van der Waals surface area (Å²) in [6.07, 6.45) is 8.78. The van der Waals surface area contributed by atoms with Crippen molar-refractivity contribution in [3.63, 3.8) is 0 Å². The van der Waals surface area contributed by atoms with Gasteiger partial charge < -0.3 is 19.7 Å². The van der Waals surface area contributed by atoms with Gasteiger partial charge in [0.05, 0.1) is 18.3 Å². The van der Waals surface area contributed by atoms with Crippen molar-refractivity contribution in [1.82, 2.24) is 4.90 Å². The summed E-state index contributed by atoms with van der Waals surface area (Å²) in [5.41, 5.74) is 1.05. The highest BCUT2D eigenvalue weighted by Gasteiger charge is 2.75. The zero-order chi connectivity index (χ0) is 25.0. The number of hydrogen-bond donors (Lipinski definition) is 2. The van der Waals surface area contributed by atoms with E-state index in [0.717, 1.165) is 51.0 Å². The third-order valence-corrected chi connectivity index (χ3v) is 11.8. The Labute approximate surface area is 211 Å². The van der Waals surface area contributed by atoms with Gasteiger partial charge in [0.15, 0.2) is 11.5 Å². The molecule has 4 bridgehead atoms. The summed E-state index contributed by atoms with van der Waals surface area (Å²) in [6, 6.07) is 4.44. The Morgan fingerprint density at radius 1 is 1.09 bits per heavy atom. The monoisotopic (exact) mass is 483 g/mol. The Kier molecular flexibility index (Phi) is 5.08. The van der Waals surface area contributed by atoms with Gasteiger partial charge in [0, 0.05) is 36.6 Å². The predicted octanol–water partition coefficient (Wildman–Crippen LogP) is 5.05. The van der Waals surface area contributed by atoms with Gasteiger partial charge in [-0.3, -0.25) is 4.90 Å². The molecule has 6 atom stereocenters. The first-order valence-electron chi connectivity index (χ1n) is 13.9. The number of nitrogens with zero attached hydrogens (tertiary/aromatic N) is 1. The first-order chi connectivity index (χ1) is 16.4. The maximum Gasteiger partial charge on any atom is 0.164 e. The minimum Gasteiger partial charge on any atom is -0.504 e. The van der Waals surface area contributed by atoms with Crippen LogP contribution in [0.2, 0.25) is 0 Å². The summed E-state index contributed by atoms with van der Waals surface area (Å²) in [7, 11) is 3.57. The number of phenolic OH excluding ortho intramolecular Hbond substituents is 1. The molecule has 6 unspecified atom stereocenters. The number of ether oxygens (including phenoxy) is 2. The van der Waals surface area contributed by atoms with Gasteiger partial charge in [0.2, 0.25) is 0 Å². The average molecular weight is 484 g/mol. The molecule has 0 radical (unpaired) electrons. The van der Waals surface area contributed by atoms with Crippen molar-refractivity contribution in [2.24, 2.45) is 22.7 Å². The maximum atomic E-state index is 12.1. The highest BCUT2D eigenvalue weighted by molar-refractivity contribution is 5.59. The second kappa shape index (κ2) is 7.39. The predicted molar refractivity (Wildman–Crippen MR) is 137 cm³/mol. The molecule has 0 aromatic heterocycles. The van der Waals surface area contributed by atoms with Gasteiger partial charge in [-0.05, 0) is 93.2 Å². The van der Waals surface area contributed by atoms with Crippen molar-refractivity contribution in [2.45, 2.75) is 102 Å². The normalized spacial score (nSPS) is 40.1. The van der Waals surface area contributed by atoms with Crippen LogP contribution in [0, 0.1) is 22.7 Å². The minimum absolute atomic E-state index is 0.0500. The van der Waals surface area contributed by atoms with Crippen LogP contribution < -0.4 is 4.74 Å². The first kappa shape index (κ1) is 24.1. The van der Waals surface area contributed by atoms with Crippen LogP contribution in [0.1, 0.15) is 83.8 Å². The molecule has 1 spiro atoms. The summed E-state index contributed by atoms with van der Waals surface area (Å²) < 4.78 is 12.5. The summed E-state index contributed by atoms with van der Waals surface area (Å²) >= 11 is 0. The molecule has 4 saturated carbocycles. The lowest BCUT2D eigenvalue weighted by Crippen LogP contribution is -2.78. The summed E-state index contributed by atoms with van der Waals surface area (Å²) in [6.45, 7) is 10.9. The highest BCUT2D eigenvalue weighted by atomic mass is 16.5. The number of likely N-dealkylation sites (tertiary alicyclic amines) is 1. The van der Waals surface area contributed by atoms with Crippen LogP contribution >= 0.6 is 0 Å². The van der Waals surface area contributed by atoms with Crippen molar-refractivity contribution >= 4 is 0 Å². The number of benzene rings is 1. The van der Waals surface area contributed by atoms with E-state index in [9.17, 15) is 10.2 Å². The number of rotatable bonds is 5. The molecule has 6 aliphatic rings. The van der Waals surface area contributed by atoms with Crippen LogP contribution in [-0.2, 0) is 16.6 Å². The highest BCUT2D eigenvalue weighted by Crippen LogP contribution is 2.75. The molecule has 1 aromatic rings. The SMILES string of the molecule is COc1c(O)ccc2c1C13CCN(CC4CC4)C(C2)C12CCC(OC)(C3)C(C(C)(O)C(C)(C)C)C2. The summed E-state index contributed by atoms with van der Waals surface area (Å²) in [5, 5.41) is 23.0. The number of phenols is 1. The fraction of sp³-hybridized carbons (Fsp3) is 0.800. The van der Waals surface area contributed by atoms with E-state index >= 15 is 0 Å². The molecule has 5 aliphatic carbocycles. The Balaban J connectivity index is 1.57. The number of piperidine rings is 1. The lowest BCUT2D eigenvalue weighted by molar-refractivity contribution is -0.282. The van der Waals surface area contributed by atoms with E-state index in [1.807, 2.05) is 13.2 Å². The Morgan fingerprint density at radius 3 is 2.46 bits per heavy atom. The van der Waals surface area contributed by atoms with Crippen molar-refractivity contribution in [3.8, 4) is 11.5 Å². The Morgan fingerprint density at radius 2 is 1.83 bits per heavy atom. The molecular weight excluding hydrogens is 438 g/mol. The van der Waals surface area contributed by atoms with Crippen molar-refractivity contribution in [2.75, 3.05) is 27.3 Å². The molecule has 1 aromatic carbocycles. The van der Waals surface area contributed by atoms with E-state index in [2.05, 4.69) is 38.7 Å².